The molecule has 0 saturated carbocycles. The molecule has 1 aliphatic heterocycles. The van der Waals surface area contributed by atoms with E-state index >= 15 is 0 Å². The molecule has 0 spiro atoms. The highest BCUT2D eigenvalue weighted by Gasteiger charge is 2.32. The first kappa shape index (κ1) is 14.9. The van der Waals surface area contributed by atoms with Crippen LogP contribution in [0.15, 0.2) is 24.8 Å². The highest BCUT2D eigenvalue weighted by atomic mass is 19.4. The van der Waals surface area contributed by atoms with E-state index in [1.54, 1.807) is 0 Å². The van der Waals surface area contributed by atoms with Crippen molar-refractivity contribution in [1.82, 2.24) is 25.1 Å². The Morgan fingerprint density at radius 3 is 2.95 bits per heavy atom. The van der Waals surface area contributed by atoms with E-state index in [1.165, 1.54) is 12.5 Å². The van der Waals surface area contributed by atoms with Gasteiger partial charge in [0.1, 0.15) is 12.2 Å². The standard InChI is InChI=1S/C13H14F3N5O/c14-13(15,16)10-3-9(4-17-5-10)6-21-1-2-22-7-11(21)12-18-8-19-20-12/h3-5,8,11H,1-2,6-7H2,(H,18,19,20). The number of hydrogen-bond donors (Lipinski definition) is 1. The smallest absolute Gasteiger partial charge is 0.378 e. The first-order valence-electron chi connectivity index (χ1n) is 6.72. The Hall–Kier alpha value is -2.00. The summed E-state index contributed by atoms with van der Waals surface area (Å²) < 4.78 is 43.7. The quantitative estimate of drug-likeness (QED) is 0.936. The zero-order valence-corrected chi connectivity index (χ0v) is 11.5. The first-order valence-corrected chi connectivity index (χ1v) is 6.72. The van der Waals surface area contributed by atoms with Gasteiger partial charge in [-0.1, -0.05) is 0 Å². The molecule has 0 radical (unpaired) electrons. The lowest BCUT2D eigenvalue weighted by Gasteiger charge is -2.34. The number of H-pyrrole nitrogens is 1. The van der Waals surface area contributed by atoms with Crippen molar-refractivity contribution < 1.29 is 17.9 Å². The van der Waals surface area contributed by atoms with Crippen LogP contribution in [-0.2, 0) is 17.5 Å². The minimum atomic E-state index is -4.39. The van der Waals surface area contributed by atoms with Crippen LogP contribution in [0, 0.1) is 0 Å². The van der Waals surface area contributed by atoms with Gasteiger partial charge in [-0.05, 0) is 11.6 Å². The van der Waals surface area contributed by atoms with Crippen LogP contribution in [0.25, 0.3) is 0 Å². The van der Waals surface area contributed by atoms with E-state index in [1.807, 2.05) is 4.90 Å². The molecule has 2 aromatic rings. The number of halogens is 3. The van der Waals surface area contributed by atoms with E-state index in [9.17, 15) is 13.2 Å². The van der Waals surface area contributed by atoms with Crippen LogP contribution in [0.2, 0.25) is 0 Å². The van der Waals surface area contributed by atoms with Crippen molar-refractivity contribution in [1.29, 1.82) is 0 Å². The zero-order chi connectivity index (χ0) is 15.6. The maximum Gasteiger partial charge on any atom is 0.417 e. The van der Waals surface area contributed by atoms with Gasteiger partial charge >= 0.3 is 6.18 Å². The van der Waals surface area contributed by atoms with Crippen molar-refractivity contribution in [3.63, 3.8) is 0 Å². The summed E-state index contributed by atoms with van der Waals surface area (Å²) in [5.41, 5.74) is -0.240. The predicted molar refractivity (Wildman–Crippen MR) is 69.6 cm³/mol. The molecule has 1 atom stereocenters. The second-order valence-corrected chi connectivity index (χ2v) is 5.01. The molecule has 0 aromatic carbocycles. The predicted octanol–water partition coefficient (Wildman–Crippen LogP) is 1.79. The summed E-state index contributed by atoms with van der Waals surface area (Å²) in [6, 6.07) is 0.964. The molecule has 6 nitrogen and oxygen atoms in total. The van der Waals surface area contributed by atoms with E-state index in [0.717, 1.165) is 12.3 Å². The van der Waals surface area contributed by atoms with Crippen LogP contribution < -0.4 is 0 Å². The topological polar surface area (TPSA) is 66.9 Å². The summed E-state index contributed by atoms with van der Waals surface area (Å²) in [6.07, 6.45) is -0.717. The minimum absolute atomic E-state index is 0.161. The Balaban J connectivity index is 1.79. The number of ether oxygens (including phenoxy) is 1. The Morgan fingerprint density at radius 1 is 1.36 bits per heavy atom. The van der Waals surface area contributed by atoms with E-state index in [0.29, 0.717) is 37.7 Å². The maximum absolute atomic E-state index is 12.7. The van der Waals surface area contributed by atoms with Gasteiger partial charge < -0.3 is 4.74 Å². The van der Waals surface area contributed by atoms with Gasteiger partial charge in [-0.25, -0.2) is 4.98 Å². The molecule has 1 N–H and O–H groups in total. The highest BCUT2D eigenvalue weighted by molar-refractivity contribution is 5.21. The SMILES string of the molecule is FC(F)(F)c1cncc(CN2CCOCC2c2ncn[nH]2)c1. The van der Waals surface area contributed by atoms with Gasteiger partial charge in [-0.3, -0.25) is 15.0 Å². The molecular weight excluding hydrogens is 299 g/mol. The number of aromatic amines is 1. The van der Waals surface area contributed by atoms with Gasteiger partial charge in [-0.15, -0.1) is 0 Å². The van der Waals surface area contributed by atoms with E-state index < -0.39 is 11.7 Å². The van der Waals surface area contributed by atoms with Crippen molar-refractivity contribution in [3.8, 4) is 0 Å². The number of aromatic nitrogens is 4. The molecule has 22 heavy (non-hydrogen) atoms. The Labute approximate surface area is 124 Å². The lowest BCUT2D eigenvalue weighted by molar-refractivity contribution is -0.137. The molecule has 3 heterocycles. The van der Waals surface area contributed by atoms with Crippen LogP contribution in [0.4, 0.5) is 13.2 Å². The summed E-state index contributed by atoms with van der Waals surface area (Å²) in [5, 5.41) is 6.59. The van der Waals surface area contributed by atoms with E-state index in [2.05, 4.69) is 20.2 Å². The van der Waals surface area contributed by atoms with Crippen molar-refractivity contribution in [2.45, 2.75) is 18.8 Å². The average molecular weight is 313 g/mol. The summed E-state index contributed by atoms with van der Waals surface area (Å²) >= 11 is 0. The second kappa shape index (κ2) is 6.01. The second-order valence-electron chi connectivity index (χ2n) is 5.01. The molecule has 1 aliphatic rings. The molecule has 0 aliphatic carbocycles. The third-order valence-corrected chi connectivity index (χ3v) is 3.50. The fourth-order valence-corrected chi connectivity index (χ4v) is 2.42. The van der Waals surface area contributed by atoms with Crippen molar-refractivity contribution in [3.05, 3.63) is 41.7 Å². The lowest BCUT2D eigenvalue weighted by Crippen LogP contribution is -2.39. The lowest BCUT2D eigenvalue weighted by atomic mass is 10.1. The monoisotopic (exact) mass is 313 g/mol. The number of alkyl halides is 3. The third kappa shape index (κ3) is 3.25. The Bertz CT molecular complexity index is 616. The number of rotatable bonds is 3. The maximum atomic E-state index is 12.7. The largest absolute Gasteiger partial charge is 0.417 e. The van der Waals surface area contributed by atoms with Gasteiger partial charge in [0.05, 0.1) is 24.8 Å². The molecule has 1 unspecified atom stereocenters. The summed E-state index contributed by atoms with van der Waals surface area (Å²) in [5.74, 6) is 0.639. The number of nitrogens with one attached hydrogen (secondary N) is 1. The molecule has 2 aromatic heterocycles. The van der Waals surface area contributed by atoms with Gasteiger partial charge in [0.2, 0.25) is 0 Å². The van der Waals surface area contributed by atoms with Crippen LogP contribution in [0.5, 0.6) is 0 Å². The summed E-state index contributed by atoms with van der Waals surface area (Å²) in [6.45, 7) is 1.88. The normalized spacial score (nSPS) is 20.2. The fourth-order valence-electron chi connectivity index (χ4n) is 2.42. The molecular formula is C13H14F3N5O. The van der Waals surface area contributed by atoms with Crippen LogP contribution in [0.3, 0.4) is 0 Å². The van der Waals surface area contributed by atoms with E-state index in [4.69, 9.17) is 4.74 Å². The molecule has 1 fully saturated rings. The number of nitrogens with zero attached hydrogens (tertiary/aromatic N) is 4. The van der Waals surface area contributed by atoms with Gasteiger partial charge in [0.25, 0.3) is 0 Å². The average Bonchev–Trinajstić information content (AvgIpc) is 3.01. The van der Waals surface area contributed by atoms with Gasteiger partial charge in [-0.2, -0.15) is 18.3 Å². The first-order chi connectivity index (χ1) is 10.5. The van der Waals surface area contributed by atoms with Crippen LogP contribution in [0.1, 0.15) is 23.0 Å². The molecule has 0 bridgehead atoms. The molecule has 1 saturated heterocycles. The van der Waals surface area contributed by atoms with Crippen molar-refractivity contribution in [2.24, 2.45) is 0 Å². The molecule has 9 heteroatoms. The zero-order valence-electron chi connectivity index (χ0n) is 11.5. The number of hydrogen-bond acceptors (Lipinski definition) is 5. The fraction of sp³-hybridized carbons (Fsp3) is 0.462. The minimum Gasteiger partial charge on any atom is -0.378 e. The van der Waals surface area contributed by atoms with Gasteiger partial charge in [0, 0.05) is 25.5 Å². The Kier molecular flexibility index (Phi) is 4.08. The summed E-state index contributed by atoms with van der Waals surface area (Å²) in [7, 11) is 0. The van der Waals surface area contributed by atoms with Crippen LogP contribution in [-0.4, -0.2) is 44.8 Å². The van der Waals surface area contributed by atoms with E-state index in [-0.39, 0.29) is 6.04 Å². The summed E-state index contributed by atoms with van der Waals surface area (Å²) in [4.78, 5) is 9.80. The van der Waals surface area contributed by atoms with Crippen molar-refractivity contribution >= 4 is 0 Å². The number of pyridine rings is 1. The third-order valence-electron chi connectivity index (χ3n) is 3.50. The highest BCUT2D eigenvalue weighted by Crippen LogP contribution is 2.30. The van der Waals surface area contributed by atoms with Gasteiger partial charge in [0.15, 0.2) is 0 Å². The number of morpholine rings is 1. The Morgan fingerprint density at radius 2 is 2.23 bits per heavy atom. The molecule has 118 valence electrons. The molecule has 3 rings (SSSR count). The van der Waals surface area contributed by atoms with Crippen LogP contribution >= 0.6 is 0 Å². The van der Waals surface area contributed by atoms with Crippen molar-refractivity contribution in [2.75, 3.05) is 19.8 Å². The molecule has 0 amide bonds.